The van der Waals surface area contributed by atoms with Crippen molar-refractivity contribution < 1.29 is 9.52 Å². The molecule has 0 spiro atoms. The number of aromatic nitrogens is 2. The number of furan rings is 1. The van der Waals surface area contributed by atoms with Crippen LogP contribution in [0.5, 0.6) is 0 Å². The third-order valence-corrected chi connectivity index (χ3v) is 3.32. The van der Waals surface area contributed by atoms with Gasteiger partial charge in [-0.05, 0) is 19.1 Å². The summed E-state index contributed by atoms with van der Waals surface area (Å²) in [5.74, 6) is 0.768. The molecule has 0 fully saturated rings. The van der Waals surface area contributed by atoms with Gasteiger partial charge >= 0.3 is 0 Å². The summed E-state index contributed by atoms with van der Waals surface area (Å²) >= 11 is 0. The van der Waals surface area contributed by atoms with Crippen LogP contribution in [0, 0.1) is 6.92 Å². The highest BCUT2D eigenvalue weighted by Crippen LogP contribution is 2.31. The Hall–Kier alpha value is -2.07. The summed E-state index contributed by atoms with van der Waals surface area (Å²) in [5, 5.41) is 15.7. The van der Waals surface area contributed by atoms with Gasteiger partial charge < -0.3 is 9.52 Å². The monoisotopic (exact) mass is 256 g/mol. The second kappa shape index (κ2) is 4.55. The van der Waals surface area contributed by atoms with E-state index in [1.54, 1.807) is 4.68 Å². The molecular formula is C15H16N2O2. The van der Waals surface area contributed by atoms with E-state index in [4.69, 9.17) is 4.42 Å². The molecule has 3 aromatic rings. The van der Waals surface area contributed by atoms with Crippen LogP contribution in [0.4, 0.5) is 0 Å². The first kappa shape index (κ1) is 12.0. The van der Waals surface area contributed by atoms with Crippen molar-refractivity contribution in [2.45, 2.75) is 19.4 Å². The van der Waals surface area contributed by atoms with Gasteiger partial charge in [0, 0.05) is 30.6 Å². The molecule has 4 heteroatoms. The normalized spacial score (nSPS) is 13.0. The molecule has 4 nitrogen and oxygen atoms in total. The highest BCUT2D eigenvalue weighted by atomic mass is 16.3. The zero-order valence-electron chi connectivity index (χ0n) is 11.0. The van der Waals surface area contributed by atoms with E-state index in [2.05, 4.69) is 5.10 Å². The average Bonchev–Trinajstić information content (AvgIpc) is 2.91. The van der Waals surface area contributed by atoms with Gasteiger partial charge in [0.2, 0.25) is 0 Å². The van der Waals surface area contributed by atoms with E-state index >= 15 is 0 Å². The minimum Gasteiger partial charge on any atom is -0.461 e. The van der Waals surface area contributed by atoms with Gasteiger partial charge in [0.1, 0.15) is 11.3 Å². The van der Waals surface area contributed by atoms with Crippen molar-refractivity contribution in [3.63, 3.8) is 0 Å². The second-order valence-electron chi connectivity index (χ2n) is 4.77. The standard InChI is InChI=1S/C15H16N2O2/c1-10-15(12-5-3-4-6-14(12)19-10)13(18)9-11-7-8-17(2)16-11/h3-8,13,18H,9H2,1-2H3. The number of aliphatic hydroxyl groups is 1. The Balaban J connectivity index is 1.97. The molecule has 0 saturated carbocycles. The molecule has 1 N–H and O–H groups in total. The molecule has 3 rings (SSSR count). The minimum atomic E-state index is -0.599. The van der Waals surface area contributed by atoms with Crippen molar-refractivity contribution in [1.82, 2.24) is 9.78 Å². The first-order valence-corrected chi connectivity index (χ1v) is 6.30. The molecule has 2 heterocycles. The molecule has 0 amide bonds. The van der Waals surface area contributed by atoms with Crippen LogP contribution in [0.15, 0.2) is 40.9 Å². The SMILES string of the molecule is Cc1oc2ccccc2c1C(O)Cc1ccn(C)n1. The molecule has 98 valence electrons. The van der Waals surface area contributed by atoms with E-state index in [0.717, 1.165) is 28.0 Å². The predicted octanol–water partition coefficient (Wildman–Crippen LogP) is 2.75. The van der Waals surface area contributed by atoms with Crippen LogP contribution in [-0.4, -0.2) is 14.9 Å². The molecule has 0 aliphatic heterocycles. The van der Waals surface area contributed by atoms with Crippen molar-refractivity contribution in [2.24, 2.45) is 7.05 Å². The fraction of sp³-hybridized carbons (Fsp3) is 0.267. The number of aliphatic hydroxyl groups excluding tert-OH is 1. The Morgan fingerprint density at radius 2 is 2.11 bits per heavy atom. The first-order valence-electron chi connectivity index (χ1n) is 6.30. The highest BCUT2D eigenvalue weighted by molar-refractivity contribution is 5.82. The summed E-state index contributed by atoms with van der Waals surface area (Å²) in [7, 11) is 1.87. The van der Waals surface area contributed by atoms with Crippen LogP contribution < -0.4 is 0 Å². The van der Waals surface area contributed by atoms with Gasteiger partial charge in [-0.25, -0.2) is 0 Å². The Bertz CT molecular complexity index is 712. The zero-order chi connectivity index (χ0) is 13.4. The topological polar surface area (TPSA) is 51.2 Å². The van der Waals surface area contributed by atoms with E-state index in [1.165, 1.54) is 0 Å². The van der Waals surface area contributed by atoms with Crippen LogP contribution in [0.25, 0.3) is 11.0 Å². The van der Waals surface area contributed by atoms with E-state index in [9.17, 15) is 5.11 Å². The number of rotatable bonds is 3. The third-order valence-electron chi connectivity index (χ3n) is 3.32. The lowest BCUT2D eigenvalue weighted by Gasteiger charge is -2.08. The number of aryl methyl sites for hydroxylation is 2. The summed E-state index contributed by atoms with van der Waals surface area (Å²) < 4.78 is 7.42. The van der Waals surface area contributed by atoms with Gasteiger partial charge in [0.05, 0.1) is 11.8 Å². The van der Waals surface area contributed by atoms with Crippen molar-refractivity contribution in [3.05, 3.63) is 53.5 Å². The van der Waals surface area contributed by atoms with E-state index in [-0.39, 0.29) is 0 Å². The van der Waals surface area contributed by atoms with Crippen LogP contribution in [0.1, 0.15) is 23.1 Å². The lowest BCUT2D eigenvalue weighted by Crippen LogP contribution is -2.03. The molecule has 0 radical (unpaired) electrons. The Labute approximate surface area is 111 Å². The van der Waals surface area contributed by atoms with Crippen LogP contribution in [0.2, 0.25) is 0 Å². The number of fused-ring (bicyclic) bond motifs is 1. The molecule has 1 unspecified atom stereocenters. The summed E-state index contributed by atoms with van der Waals surface area (Å²) in [5.41, 5.74) is 2.55. The number of nitrogens with zero attached hydrogens (tertiary/aromatic N) is 2. The molecule has 0 aliphatic carbocycles. The van der Waals surface area contributed by atoms with Crippen LogP contribution in [0.3, 0.4) is 0 Å². The quantitative estimate of drug-likeness (QED) is 0.784. The van der Waals surface area contributed by atoms with Gasteiger partial charge in [-0.3, -0.25) is 4.68 Å². The van der Waals surface area contributed by atoms with Gasteiger partial charge in [-0.1, -0.05) is 18.2 Å². The molecule has 19 heavy (non-hydrogen) atoms. The summed E-state index contributed by atoms with van der Waals surface area (Å²) in [6.45, 7) is 1.89. The van der Waals surface area contributed by atoms with Crippen molar-refractivity contribution >= 4 is 11.0 Å². The van der Waals surface area contributed by atoms with Crippen LogP contribution >= 0.6 is 0 Å². The Kier molecular flexibility index (Phi) is 2.87. The second-order valence-corrected chi connectivity index (χ2v) is 4.77. The largest absolute Gasteiger partial charge is 0.461 e. The van der Waals surface area contributed by atoms with E-state index in [1.807, 2.05) is 50.5 Å². The van der Waals surface area contributed by atoms with E-state index in [0.29, 0.717) is 6.42 Å². The number of benzene rings is 1. The molecule has 1 atom stereocenters. The Morgan fingerprint density at radius 3 is 2.84 bits per heavy atom. The van der Waals surface area contributed by atoms with Crippen molar-refractivity contribution in [2.75, 3.05) is 0 Å². The molecule has 1 aromatic carbocycles. The molecular weight excluding hydrogens is 240 g/mol. The van der Waals surface area contributed by atoms with Gasteiger partial charge in [0.25, 0.3) is 0 Å². The zero-order valence-corrected chi connectivity index (χ0v) is 11.0. The third kappa shape index (κ3) is 2.15. The molecule has 0 bridgehead atoms. The van der Waals surface area contributed by atoms with Crippen molar-refractivity contribution in [1.29, 1.82) is 0 Å². The summed E-state index contributed by atoms with van der Waals surface area (Å²) in [6, 6.07) is 9.69. The van der Waals surface area contributed by atoms with Gasteiger partial charge in [-0.2, -0.15) is 5.10 Å². The first-order chi connectivity index (χ1) is 9.15. The maximum absolute atomic E-state index is 10.4. The molecule has 0 aliphatic rings. The van der Waals surface area contributed by atoms with Crippen molar-refractivity contribution in [3.8, 4) is 0 Å². The smallest absolute Gasteiger partial charge is 0.134 e. The lowest BCUT2D eigenvalue weighted by molar-refractivity contribution is 0.176. The Morgan fingerprint density at radius 1 is 1.32 bits per heavy atom. The number of para-hydroxylation sites is 1. The van der Waals surface area contributed by atoms with Gasteiger partial charge in [0.15, 0.2) is 0 Å². The molecule has 0 saturated heterocycles. The maximum Gasteiger partial charge on any atom is 0.134 e. The highest BCUT2D eigenvalue weighted by Gasteiger charge is 2.19. The summed E-state index contributed by atoms with van der Waals surface area (Å²) in [6.07, 6.45) is 1.77. The van der Waals surface area contributed by atoms with E-state index < -0.39 is 6.10 Å². The molecule has 2 aromatic heterocycles. The lowest BCUT2D eigenvalue weighted by atomic mass is 10.0. The number of hydrogen-bond acceptors (Lipinski definition) is 3. The minimum absolute atomic E-state index is 0.491. The van der Waals surface area contributed by atoms with Crippen LogP contribution in [-0.2, 0) is 13.5 Å². The maximum atomic E-state index is 10.4. The predicted molar refractivity (Wildman–Crippen MR) is 72.8 cm³/mol. The number of hydrogen-bond donors (Lipinski definition) is 1. The fourth-order valence-electron chi connectivity index (χ4n) is 2.47. The average molecular weight is 256 g/mol. The van der Waals surface area contributed by atoms with Gasteiger partial charge in [-0.15, -0.1) is 0 Å². The summed E-state index contributed by atoms with van der Waals surface area (Å²) in [4.78, 5) is 0. The fourth-order valence-corrected chi connectivity index (χ4v) is 2.47.